The van der Waals surface area contributed by atoms with Crippen LogP contribution in [0.5, 0.6) is 0 Å². The number of hydrogen-bond donors (Lipinski definition) is 1. The molecule has 0 heterocycles. The molecule has 0 aliphatic heterocycles. The maximum Gasteiger partial charge on any atom is 0.243 e. The Balaban J connectivity index is 2.24. The highest BCUT2D eigenvalue weighted by Gasteiger charge is 2.29. The Hall–Kier alpha value is -1.69. The van der Waals surface area contributed by atoms with Gasteiger partial charge in [-0.15, -0.1) is 11.8 Å². The molecule has 0 bridgehead atoms. The minimum Gasteiger partial charge on any atom is -0.352 e. The first-order valence-electron chi connectivity index (χ1n) is 9.53. The van der Waals surface area contributed by atoms with Crippen molar-refractivity contribution in [3.8, 4) is 0 Å². The number of carbonyl (C=O) groups is 2. The van der Waals surface area contributed by atoms with Gasteiger partial charge in [-0.25, -0.2) is 0 Å². The Kier molecular flexibility index (Phi) is 9.34. The first-order chi connectivity index (χ1) is 13.8. The highest BCUT2D eigenvalue weighted by Crippen LogP contribution is 2.25. The summed E-state index contributed by atoms with van der Waals surface area (Å²) in [4.78, 5) is 28.5. The molecule has 0 aliphatic rings. The van der Waals surface area contributed by atoms with Gasteiger partial charge in [0, 0.05) is 27.5 Å². The van der Waals surface area contributed by atoms with Crippen molar-refractivity contribution >= 4 is 46.8 Å². The van der Waals surface area contributed by atoms with Crippen molar-refractivity contribution in [2.24, 2.45) is 0 Å². The van der Waals surface area contributed by atoms with E-state index in [0.29, 0.717) is 16.5 Å². The standard InChI is InChI=1S/C22H26Cl2N2O2S/c1-4-20(22(28)25-15(2)3)26(13-16-10-11-17(23)12-19(16)24)21(27)14-29-18-8-6-5-7-9-18/h5-12,15,20H,4,13-14H2,1-3H3,(H,25,28)/t20-/m0/s1. The Morgan fingerprint density at radius 3 is 2.38 bits per heavy atom. The maximum absolute atomic E-state index is 13.1. The van der Waals surface area contributed by atoms with Crippen LogP contribution in [0.3, 0.4) is 0 Å². The third kappa shape index (κ3) is 7.25. The van der Waals surface area contributed by atoms with E-state index < -0.39 is 6.04 Å². The van der Waals surface area contributed by atoms with Gasteiger partial charge in [0.05, 0.1) is 5.75 Å². The highest BCUT2D eigenvalue weighted by molar-refractivity contribution is 8.00. The van der Waals surface area contributed by atoms with Gasteiger partial charge in [-0.05, 0) is 50.1 Å². The number of amides is 2. The zero-order valence-electron chi connectivity index (χ0n) is 16.8. The molecule has 0 radical (unpaired) electrons. The molecule has 2 amide bonds. The van der Waals surface area contributed by atoms with E-state index >= 15 is 0 Å². The van der Waals surface area contributed by atoms with E-state index in [9.17, 15) is 9.59 Å². The lowest BCUT2D eigenvalue weighted by molar-refractivity contribution is -0.139. The summed E-state index contributed by atoms with van der Waals surface area (Å²) in [5.74, 6) is -0.0398. The smallest absolute Gasteiger partial charge is 0.243 e. The van der Waals surface area contributed by atoms with Crippen LogP contribution in [0.25, 0.3) is 0 Å². The molecule has 4 nitrogen and oxygen atoms in total. The van der Waals surface area contributed by atoms with Gasteiger partial charge in [0.2, 0.25) is 11.8 Å². The Labute approximate surface area is 187 Å². The van der Waals surface area contributed by atoms with Gasteiger partial charge in [0.25, 0.3) is 0 Å². The van der Waals surface area contributed by atoms with Crippen LogP contribution in [0.4, 0.5) is 0 Å². The van der Waals surface area contributed by atoms with Crippen LogP contribution in [-0.2, 0) is 16.1 Å². The molecule has 29 heavy (non-hydrogen) atoms. The van der Waals surface area contributed by atoms with Crippen molar-refractivity contribution < 1.29 is 9.59 Å². The summed E-state index contributed by atoms with van der Waals surface area (Å²) in [6.45, 7) is 5.95. The summed E-state index contributed by atoms with van der Waals surface area (Å²) in [5.41, 5.74) is 0.755. The first kappa shape index (κ1) is 23.6. The van der Waals surface area contributed by atoms with Crippen LogP contribution < -0.4 is 5.32 Å². The first-order valence-corrected chi connectivity index (χ1v) is 11.3. The molecule has 1 N–H and O–H groups in total. The molecular formula is C22H26Cl2N2O2S. The topological polar surface area (TPSA) is 49.4 Å². The molecule has 2 aromatic carbocycles. The molecule has 1 atom stereocenters. The summed E-state index contributed by atoms with van der Waals surface area (Å²) in [6.07, 6.45) is 0.505. The number of rotatable bonds is 9. The second-order valence-electron chi connectivity index (χ2n) is 6.95. The summed E-state index contributed by atoms with van der Waals surface area (Å²) >= 11 is 13.8. The predicted octanol–water partition coefficient (Wildman–Crippen LogP) is 5.42. The summed E-state index contributed by atoms with van der Waals surface area (Å²) in [6, 6.07) is 14.3. The van der Waals surface area contributed by atoms with E-state index in [1.54, 1.807) is 23.1 Å². The molecule has 2 aromatic rings. The number of nitrogens with zero attached hydrogens (tertiary/aromatic N) is 1. The summed E-state index contributed by atoms with van der Waals surface area (Å²) in [5, 5.41) is 3.92. The van der Waals surface area contributed by atoms with E-state index in [4.69, 9.17) is 23.2 Å². The number of halogens is 2. The minimum absolute atomic E-state index is 0.00804. The maximum atomic E-state index is 13.1. The minimum atomic E-state index is -0.576. The van der Waals surface area contributed by atoms with E-state index in [2.05, 4.69) is 5.32 Å². The van der Waals surface area contributed by atoms with Gasteiger partial charge >= 0.3 is 0 Å². The van der Waals surface area contributed by atoms with Crippen LogP contribution in [0, 0.1) is 0 Å². The van der Waals surface area contributed by atoms with Crippen molar-refractivity contribution in [2.45, 2.75) is 50.7 Å². The zero-order valence-corrected chi connectivity index (χ0v) is 19.2. The normalized spacial score (nSPS) is 11.9. The average Bonchev–Trinajstić information content (AvgIpc) is 2.68. The van der Waals surface area contributed by atoms with Gasteiger partial charge in [0.15, 0.2) is 0 Å². The fourth-order valence-corrected chi connectivity index (χ4v) is 4.15. The third-order valence-corrected chi connectivity index (χ3v) is 5.86. The van der Waals surface area contributed by atoms with Gasteiger partial charge in [-0.1, -0.05) is 54.4 Å². The molecular weight excluding hydrogens is 427 g/mol. The molecule has 156 valence electrons. The average molecular weight is 453 g/mol. The second-order valence-corrected chi connectivity index (χ2v) is 8.84. The summed E-state index contributed by atoms with van der Waals surface area (Å²) < 4.78 is 0. The van der Waals surface area contributed by atoms with Crippen LogP contribution in [-0.4, -0.2) is 34.6 Å². The predicted molar refractivity (Wildman–Crippen MR) is 122 cm³/mol. The van der Waals surface area contributed by atoms with Crippen molar-refractivity contribution in [3.63, 3.8) is 0 Å². The Morgan fingerprint density at radius 2 is 1.79 bits per heavy atom. The van der Waals surface area contributed by atoms with Gasteiger partial charge in [-0.2, -0.15) is 0 Å². The van der Waals surface area contributed by atoms with Crippen molar-refractivity contribution in [1.29, 1.82) is 0 Å². The van der Waals surface area contributed by atoms with Crippen LogP contribution in [0.1, 0.15) is 32.8 Å². The number of carbonyl (C=O) groups excluding carboxylic acids is 2. The SMILES string of the molecule is CC[C@@H](C(=O)NC(C)C)N(Cc1ccc(Cl)cc1Cl)C(=O)CSc1ccccc1. The fraction of sp³-hybridized carbons (Fsp3) is 0.364. The van der Waals surface area contributed by atoms with Crippen molar-refractivity contribution in [2.75, 3.05) is 5.75 Å². The van der Waals surface area contributed by atoms with Crippen LogP contribution >= 0.6 is 35.0 Å². The highest BCUT2D eigenvalue weighted by atomic mass is 35.5. The molecule has 0 aromatic heterocycles. The largest absolute Gasteiger partial charge is 0.352 e. The fourth-order valence-electron chi connectivity index (χ4n) is 2.88. The number of thioether (sulfide) groups is 1. The molecule has 0 saturated heterocycles. The Morgan fingerprint density at radius 1 is 1.10 bits per heavy atom. The van der Waals surface area contributed by atoms with E-state index in [1.807, 2.05) is 51.1 Å². The van der Waals surface area contributed by atoms with Gasteiger partial charge in [-0.3, -0.25) is 9.59 Å². The molecule has 0 saturated carbocycles. The molecule has 0 spiro atoms. The Bertz CT molecular complexity index is 831. The number of benzene rings is 2. The molecule has 2 rings (SSSR count). The van der Waals surface area contributed by atoms with E-state index in [1.165, 1.54) is 11.8 Å². The van der Waals surface area contributed by atoms with Crippen molar-refractivity contribution in [1.82, 2.24) is 10.2 Å². The number of hydrogen-bond acceptors (Lipinski definition) is 3. The molecule has 7 heteroatoms. The van der Waals surface area contributed by atoms with Crippen LogP contribution in [0.15, 0.2) is 53.4 Å². The lowest BCUT2D eigenvalue weighted by Crippen LogP contribution is -2.51. The van der Waals surface area contributed by atoms with Crippen molar-refractivity contribution in [3.05, 3.63) is 64.1 Å². The molecule has 0 aliphatic carbocycles. The zero-order chi connectivity index (χ0) is 21.4. The van der Waals surface area contributed by atoms with Gasteiger partial charge in [0.1, 0.15) is 6.04 Å². The quantitative estimate of drug-likeness (QED) is 0.516. The van der Waals surface area contributed by atoms with E-state index in [-0.39, 0.29) is 30.2 Å². The molecule has 0 fully saturated rings. The number of nitrogens with one attached hydrogen (secondary N) is 1. The monoisotopic (exact) mass is 452 g/mol. The summed E-state index contributed by atoms with van der Waals surface area (Å²) in [7, 11) is 0. The lowest BCUT2D eigenvalue weighted by Gasteiger charge is -2.31. The van der Waals surface area contributed by atoms with Gasteiger partial charge < -0.3 is 10.2 Å². The molecule has 0 unspecified atom stereocenters. The second kappa shape index (κ2) is 11.5. The lowest BCUT2D eigenvalue weighted by atomic mass is 10.1. The van der Waals surface area contributed by atoms with E-state index in [0.717, 1.165) is 10.5 Å². The van der Waals surface area contributed by atoms with Crippen LogP contribution in [0.2, 0.25) is 10.0 Å². The third-order valence-electron chi connectivity index (χ3n) is 4.28.